The van der Waals surface area contributed by atoms with Crippen LogP contribution in [0.25, 0.3) is 6.08 Å². The molecule has 0 atom stereocenters. The molecule has 0 radical (unpaired) electrons. The third-order valence-corrected chi connectivity index (χ3v) is 6.05. The number of alkyl carbamates (subject to hydrolysis) is 1. The van der Waals surface area contributed by atoms with Gasteiger partial charge in [-0.1, -0.05) is 60.7 Å². The number of ether oxygens (including phenoxy) is 1. The molecule has 0 unspecified atom stereocenters. The van der Waals surface area contributed by atoms with Crippen LogP contribution in [0.15, 0.2) is 60.1 Å². The summed E-state index contributed by atoms with van der Waals surface area (Å²) in [4.78, 5) is 24.8. The smallest absolute Gasteiger partial charge is 0.445 e. The van der Waals surface area contributed by atoms with Crippen molar-refractivity contribution < 1.29 is 23.6 Å². The van der Waals surface area contributed by atoms with E-state index >= 15 is 0 Å². The summed E-state index contributed by atoms with van der Waals surface area (Å²) in [5.74, 6) is -0.280. The maximum absolute atomic E-state index is 12.5. The van der Waals surface area contributed by atoms with Gasteiger partial charge >= 0.3 is 13.2 Å². The highest BCUT2D eigenvalue weighted by Gasteiger charge is 2.52. The summed E-state index contributed by atoms with van der Waals surface area (Å²) in [7, 11) is -0.737. The van der Waals surface area contributed by atoms with Crippen LogP contribution in [0.1, 0.15) is 55.6 Å². The van der Waals surface area contributed by atoms with Gasteiger partial charge in [-0.2, -0.15) is 5.26 Å². The third kappa shape index (κ3) is 6.13. The number of hydrogen-bond donors (Lipinski definition) is 1. The molecule has 1 N–H and O–H groups in total. The molecule has 2 aromatic rings. The summed E-state index contributed by atoms with van der Waals surface area (Å²) in [5, 5.41) is 11.7. The molecule has 0 aromatic heterocycles. The number of ketones is 1. The number of hydrogen-bond acceptors (Lipinski definition) is 6. The first-order chi connectivity index (χ1) is 16.1. The van der Waals surface area contributed by atoms with Crippen LogP contribution in [0.3, 0.4) is 0 Å². The number of benzene rings is 2. The largest absolute Gasteiger partial charge is 0.492 e. The van der Waals surface area contributed by atoms with Crippen LogP contribution >= 0.6 is 0 Å². The molecule has 1 aliphatic heterocycles. The first kappa shape index (κ1) is 25.2. The molecule has 1 aliphatic rings. The van der Waals surface area contributed by atoms with Gasteiger partial charge < -0.3 is 19.4 Å². The lowest BCUT2D eigenvalue weighted by molar-refractivity contribution is 0.00578. The van der Waals surface area contributed by atoms with Gasteiger partial charge in [-0.25, -0.2) is 4.79 Å². The number of nitrogens with zero attached hydrogens (tertiary/aromatic N) is 1. The summed E-state index contributed by atoms with van der Waals surface area (Å²) in [6, 6.07) is 18.3. The van der Waals surface area contributed by atoms with Gasteiger partial charge in [0.15, 0.2) is 5.78 Å². The van der Waals surface area contributed by atoms with E-state index in [9.17, 15) is 9.59 Å². The van der Waals surface area contributed by atoms with Crippen molar-refractivity contribution in [3.8, 4) is 6.07 Å². The molecule has 2 aromatic carbocycles. The predicted octanol–water partition coefficient (Wildman–Crippen LogP) is 4.72. The van der Waals surface area contributed by atoms with Gasteiger partial charge in [0.1, 0.15) is 6.61 Å². The highest BCUT2D eigenvalue weighted by atomic mass is 16.7. The zero-order valence-corrected chi connectivity index (χ0v) is 20.0. The number of carbonyl (C=O) groups excluding carboxylic acids is 2. The minimum absolute atomic E-state index is 0.0885. The lowest BCUT2D eigenvalue weighted by Gasteiger charge is -2.32. The highest BCUT2D eigenvalue weighted by Crippen LogP contribution is 2.38. The fourth-order valence-corrected chi connectivity index (χ4v) is 3.39. The lowest BCUT2D eigenvalue weighted by Crippen LogP contribution is -2.41. The Bertz CT molecular complexity index is 1090. The highest BCUT2D eigenvalue weighted by molar-refractivity contribution is 6.56. The molecular formula is C26H29BN2O5. The number of Topliss-reactive ketones (excluding diaryl/α,β-unsaturated/α-hetero) is 1. The Kier molecular flexibility index (Phi) is 7.92. The van der Waals surface area contributed by atoms with Crippen LogP contribution in [0, 0.1) is 11.3 Å². The fourth-order valence-electron chi connectivity index (χ4n) is 3.39. The Morgan fingerprint density at radius 2 is 1.65 bits per heavy atom. The summed E-state index contributed by atoms with van der Waals surface area (Å²) < 4.78 is 17.7. The molecule has 1 fully saturated rings. The molecule has 1 saturated heterocycles. The van der Waals surface area contributed by atoms with E-state index in [2.05, 4.69) is 5.32 Å². The van der Waals surface area contributed by atoms with Crippen molar-refractivity contribution in [1.82, 2.24) is 5.32 Å². The van der Waals surface area contributed by atoms with Crippen molar-refractivity contribution >= 4 is 25.1 Å². The third-order valence-electron chi connectivity index (χ3n) is 6.05. The fraction of sp³-hybridized carbons (Fsp3) is 0.346. The van der Waals surface area contributed by atoms with Crippen LogP contribution < -0.4 is 5.32 Å². The van der Waals surface area contributed by atoms with Crippen molar-refractivity contribution in [2.45, 2.75) is 51.9 Å². The molecular weight excluding hydrogens is 431 g/mol. The molecule has 3 rings (SSSR count). The van der Waals surface area contributed by atoms with E-state index in [4.69, 9.17) is 19.3 Å². The minimum atomic E-state index is -0.737. The number of amides is 1. The Morgan fingerprint density at radius 1 is 1.03 bits per heavy atom. The molecule has 0 bridgehead atoms. The maximum atomic E-state index is 12.5. The second-order valence-electron chi connectivity index (χ2n) is 9.07. The first-order valence-corrected chi connectivity index (χ1v) is 11.1. The van der Waals surface area contributed by atoms with Gasteiger partial charge in [-0.05, 0) is 44.3 Å². The van der Waals surface area contributed by atoms with Crippen LogP contribution in [-0.2, 0) is 20.7 Å². The zero-order valence-electron chi connectivity index (χ0n) is 20.0. The van der Waals surface area contributed by atoms with Crippen LogP contribution in [0.2, 0.25) is 0 Å². The standard InChI is InChI=1S/C26H29BN2O5/c1-25(2)26(3,4)34-27(33-25)21(16-20-12-8-9-13-22(20)23(30)14-15-28)17-29-24(31)32-18-19-10-6-5-7-11-19/h5-13,16H,14,17-18H2,1-4H3,(H,29,31). The molecule has 0 saturated carbocycles. The Morgan fingerprint density at radius 3 is 2.29 bits per heavy atom. The van der Waals surface area contributed by atoms with E-state index in [1.54, 1.807) is 30.3 Å². The lowest BCUT2D eigenvalue weighted by atomic mass is 9.76. The van der Waals surface area contributed by atoms with Crippen molar-refractivity contribution in [1.29, 1.82) is 5.26 Å². The van der Waals surface area contributed by atoms with Crippen molar-refractivity contribution in [2.24, 2.45) is 0 Å². The molecule has 0 spiro atoms. The van der Waals surface area contributed by atoms with Gasteiger partial charge in [0.05, 0.1) is 23.7 Å². The quantitative estimate of drug-likeness (QED) is 0.452. The second-order valence-corrected chi connectivity index (χ2v) is 9.07. The van der Waals surface area contributed by atoms with Crippen LogP contribution in [0.4, 0.5) is 4.79 Å². The number of rotatable bonds is 8. The Balaban J connectivity index is 1.82. The van der Waals surface area contributed by atoms with Gasteiger partial charge in [-0.3, -0.25) is 4.79 Å². The van der Waals surface area contributed by atoms with E-state index in [-0.39, 0.29) is 25.4 Å². The molecule has 1 amide bonds. The number of nitriles is 1. The maximum Gasteiger partial charge on any atom is 0.492 e. The summed E-state index contributed by atoms with van der Waals surface area (Å²) in [5.41, 5.74) is 1.37. The molecule has 0 aliphatic carbocycles. The van der Waals surface area contributed by atoms with Crippen molar-refractivity contribution in [3.05, 3.63) is 76.8 Å². The van der Waals surface area contributed by atoms with Gasteiger partial charge in [-0.15, -0.1) is 0 Å². The molecule has 176 valence electrons. The molecule has 7 nitrogen and oxygen atoms in total. The molecule has 1 heterocycles. The van der Waals surface area contributed by atoms with E-state index in [0.29, 0.717) is 16.6 Å². The predicted molar refractivity (Wildman–Crippen MR) is 130 cm³/mol. The zero-order chi connectivity index (χ0) is 24.8. The van der Waals surface area contributed by atoms with Crippen LogP contribution in [0.5, 0.6) is 0 Å². The summed E-state index contributed by atoms with van der Waals surface area (Å²) >= 11 is 0. The second kappa shape index (κ2) is 10.7. The average molecular weight is 460 g/mol. The van der Waals surface area contributed by atoms with Gasteiger partial charge in [0.2, 0.25) is 0 Å². The monoisotopic (exact) mass is 460 g/mol. The van der Waals surface area contributed by atoms with Gasteiger partial charge in [0, 0.05) is 12.1 Å². The van der Waals surface area contributed by atoms with E-state index in [1.807, 2.05) is 64.1 Å². The minimum Gasteiger partial charge on any atom is -0.445 e. The normalized spacial score (nSPS) is 16.6. The van der Waals surface area contributed by atoms with Crippen LogP contribution in [-0.4, -0.2) is 36.7 Å². The summed E-state index contributed by atoms with van der Waals surface area (Å²) in [6.07, 6.45) is 0.963. The van der Waals surface area contributed by atoms with Crippen molar-refractivity contribution in [3.63, 3.8) is 0 Å². The molecule has 34 heavy (non-hydrogen) atoms. The Labute approximate surface area is 200 Å². The SMILES string of the molecule is CC1(C)OB(C(=Cc2ccccc2C(=O)CC#N)CNC(=O)OCc2ccccc2)OC1(C)C. The Hall–Kier alpha value is -3.41. The van der Waals surface area contributed by atoms with E-state index in [0.717, 1.165) is 5.56 Å². The number of nitrogens with one attached hydrogen (secondary N) is 1. The van der Waals surface area contributed by atoms with Crippen molar-refractivity contribution in [2.75, 3.05) is 6.54 Å². The average Bonchev–Trinajstić information content (AvgIpc) is 3.03. The van der Waals surface area contributed by atoms with Gasteiger partial charge in [0.25, 0.3) is 0 Å². The molecule has 8 heteroatoms. The summed E-state index contributed by atoms with van der Waals surface area (Å²) in [6.45, 7) is 8.00. The van der Waals surface area contributed by atoms with E-state index in [1.165, 1.54) is 0 Å². The number of carbonyl (C=O) groups is 2. The van der Waals surface area contributed by atoms with E-state index < -0.39 is 24.4 Å². The topological polar surface area (TPSA) is 97.7 Å². The first-order valence-electron chi connectivity index (χ1n) is 11.1.